The summed E-state index contributed by atoms with van der Waals surface area (Å²) in [4.78, 5) is 12.0. The Balaban J connectivity index is 2.53. The molecule has 0 aromatic heterocycles. The Morgan fingerprint density at radius 2 is 1.94 bits per heavy atom. The van der Waals surface area contributed by atoms with Gasteiger partial charge in [-0.3, -0.25) is 9.52 Å². The van der Waals surface area contributed by atoms with Gasteiger partial charge >= 0.3 is 5.97 Å². The number of nitrogens with one attached hydrogen (secondary N) is 1. The summed E-state index contributed by atoms with van der Waals surface area (Å²) in [5.74, 6) is -0.0204. The molecular weight excluding hydrogens is 274 g/mol. The van der Waals surface area contributed by atoms with Gasteiger partial charge in [-0.2, -0.15) is 0 Å². The minimum absolute atomic E-state index is 0.243. The van der Waals surface area contributed by atoms with Crippen molar-refractivity contribution < 1.29 is 17.9 Å². The molecule has 7 heteroatoms. The fourth-order valence-corrected chi connectivity index (χ4v) is 2.44. The predicted octanol–water partition coefficient (Wildman–Crippen LogP) is 1.71. The SMILES string of the molecule is CCOC(=O)CSc1ccc(NS(C)(=O)=O)cc1. The van der Waals surface area contributed by atoms with E-state index in [9.17, 15) is 13.2 Å². The van der Waals surface area contributed by atoms with Gasteiger partial charge in [0.1, 0.15) is 0 Å². The summed E-state index contributed by atoms with van der Waals surface area (Å²) in [5, 5.41) is 0. The van der Waals surface area contributed by atoms with Crippen LogP contribution >= 0.6 is 11.8 Å². The number of esters is 1. The largest absolute Gasteiger partial charge is 0.465 e. The average molecular weight is 289 g/mol. The lowest BCUT2D eigenvalue weighted by Crippen LogP contribution is -2.09. The molecule has 0 saturated heterocycles. The molecule has 0 amide bonds. The first-order valence-electron chi connectivity index (χ1n) is 5.27. The van der Waals surface area contributed by atoms with Crippen LogP contribution in [0.5, 0.6) is 0 Å². The minimum atomic E-state index is -3.25. The van der Waals surface area contributed by atoms with Gasteiger partial charge in [0.15, 0.2) is 0 Å². The van der Waals surface area contributed by atoms with Crippen molar-refractivity contribution in [1.29, 1.82) is 0 Å². The zero-order valence-corrected chi connectivity index (χ0v) is 11.8. The monoisotopic (exact) mass is 289 g/mol. The van der Waals surface area contributed by atoms with Crippen LogP contribution in [0.4, 0.5) is 5.69 Å². The van der Waals surface area contributed by atoms with Crippen molar-refractivity contribution in [2.45, 2.75) is 11.8 Å². The number of hydrogen-bond donors (Lipinski definition) is 1. The molecule has 1 N–H and O–H groups in total. The van der Waals surface area contributed by atoms with Crippen LogP contribution in [0, 0.1) is 0 Å². The van der Waals surface area contributed by atoms with Crippen LogP contribution in [-0.2, 0) is 19.6 Å². The molecule has 1 aromatic carbocycles. The molecule has 0 bridgehead atoms. The molecule has 0 aliphatic carbocycles. The zero-order chi connectivity index (χ0) is 13.6. The Morgan fingerprint density at radius 1 is 1.33 bits per heavy atom. The first-order chi connectivity index (χ1) is 8.40. The third-order valence-corrected chi connectivity index (χ3v) is 3.41. The average Bonchev–Trinajstić information content (AvgIpc) is 2.26. The number of thioether (sulfide) groups is 1. The molecule has 100 valence electrons. The van der Waals surface area contributed by atoms with Gasteiger partial charge in [0, 0.05) is 10.6 Å². The number of sulfonamides is 1. The standard InChI is InChI=1S/C11H15NO4S2/c1-3-16-11(13)8-17-10-6-4-9(5-7-10)12-18(2,14)15/h4-7,12H,3,8H2,1-2H3. The first kappa shape index (κ1) is 14.8. The maximum atomic E-state index is 11.1. The van der Waals surface area contributed by atoms with E-state index in [4.69, 9.17) is 4.74 Å². The molecule has 1 rings (SSSR count). The van der Waals surface area contributed by atoms with Crippen LogP contribution in [0.15, 0.2) is 29.2 Å². The normalized spacial score (nSPS) is 11.0. The molecule has 0 atom stereocenters. The number of carbonyl (C=O) groups is 1. The maximum absolute atomic E-state index is 11.1. The van der Waals surface area contributed by atoms with Crippen molar-refractivity contribution in [3.05, 3.63) is 24.3 Å². The van der Waals surface area contributed by atoms with Crippen molar-refractivity contribution in [3.63, 3.8) is 0 Å². The van der Waals surface area contributed by atoms with Crippen molar-refractivity contribution in [2.75, 3.05) is 23.3 Å². The number of carbonyl (C=O) groups excluding carboxylic acids is 1. The molecule has 5 nitrogen and oxygen atoms in total. The molecule has 1 aromatic rings. The van der Waals surface area contributed by atoms with Crippen molar-refractivity contribution in [1.82, 2.24) is 0 Å². The number of ether oxygens (including phenoxy) is 1. The predicted molar refractivity (Wildman–Crippen MR) is 72.3 cm³/mol. The van der Waals surface area contributed by atoms with E-state index < -0.39 is 10.0 Å². The van der Waals surface area contributed by atoms with Gasteiger partial charge in [0.05, 0.1) is 18.6 Å². The highest BCUT2D eigenvalue weighted by Gasteiger charge is 2.04. The number of benzene rings is 1. The van der Waals surface area contributed by atoms with Crippen molar-refractivity contribution >= 4 is 33.4 Å². The van der Waals surface area contributed by atoms with E-state index in [0.29, 0.717) is 12.3 Å². The quantitative estimate of drug-likeness (QED) is 0.637. The topological polar surface area (TPSA) is 72.5 Å². The van der Waals surface area contributed by atoms with Gasteiger partial charge in [-0.1, -0.05) is 0 Å². The maximum Gasteiger partial charge on any atom is 0.316 e. The number of anilines is 1. The zero-order valence-electron chi connectivity index (χ0n) is 10.2. The van der Waals surface area contributed by atoms with Crippen LogP contribution in [0.2, 0.25) is 0 Å². The molecule has 0 unspecified atom stereocenters. The molecule has 0 fully saturated rings. The summed E-state index contributed by atoms with van der Waals surface area (Å²) >= 11 is 1.34. The third-order valence-electron chi connectivity index (χ3n) is 1.82. The summed E-state index contributed by atoms with van der Waals surface area (Å²) < 4.78 is 29.2. The van der Waals surface area contributed by atoms with Gasteiger partial charge in [-0.25, -0.2) is 8.42 Å². The molecule has 0 aliphatic rings. The van der Waals surface area contributed by atoms with Gasteiger partial charge in [0.2, 0.25) is 10.0 Å². The second-order valence-corrected chi connectivity index (χ2v) is 6.29. The lowest BCUT2D eigenvalue weighted by atomic mass is 10.3. The smallest absolute Gasteiger partial charge is 0.316 e. The Kier molecular flexibility index (Phi) is 5.49. The highest BCUT2D eigenvalue weighted by Crippen LogP contribution is 2.20. The highest BCUT2D eigenvalue weighted by atomic mass is 32.2. The molecule has 0 spiro atoms. The lowest BCUT2D eigenvalue weighted by molar-refractivity contribution is -0.139. The second kappa shape index (κ2) is 6.65. The molecule has 18 heavy (non-hydrogen) atoms. The van der Waals surface area contributed by atoms with Crippen molar-refractivity contribution in [2.24, 2.45) is 0 Å². The Bertz CT molecular complexity index is 496. The van der Waals surface area contributed by atoms with Gasteiger partial charge < -0.3 is 4.74 Å². The summed E-state index contributed by atoms with van der Waals surface area (Å²) in [6.07, 6.45) is 1.09. The number of rotatable bonds is 6. The van der Waals surface area contributed by atoms with E-state index in [2.05, 4.69) is 4.72 Å². The fourth-order valence-electron chi connectivity index (χ4n) is 1.18. The molecule has 0 aliphatic heterocycles. The van der Waals surface area contributed by atoms with E-state index in [-0.39, 0.29) is 11.7 Å². The Morgan fingerprint density at radius 3 is 2.44 bits per heavy atom. The molecule has 0 saturated carbocycles. The van der Waals surface area contributed by atoms with E-state index in [1.807, 2.05) is 0 Å². The highest BCUT2D eigenvalue weighted by molar-refractivity contribution is 8.00. The molecular formula is C11H15NO4S2. The van der Waals surface area contributed by atoms with Crippen molar-refractivity contribution in [3.8, 4) is 0 Å². The third kappa shape index (κ3) is 5.92. The van der Waals surface area contributed by atoms with Gasteiger partial charge in [-0.05, 0) is 31.2 Å². The fraction of sp³-hybridized carbons (Fsp3) is 0.364. The summed E-state index contributed by atoms with van der Waals surface area (Å²) in [7, 11) is -3.25. The van der Waals surface area contributed by atoms with Crippen LogP contribution < -0.4 is 4.72 Å². The van der Waals surface area contributed by atoms with Crippen LogP contribution in [0.25, 0.3) is 0 Å². The second-order valence-electron chi connectivity index (χ2n) is 3.49. The van der Waals surface area contributed by atoms with E-state index in [1.165, 1.54) is 11.8 Å². The first-order valence-corrected chi connectivity index (χ1v) is 8.14. The Hall–Kier alpha value is -1.21. The van der Waals surface area contributed by atoms with E-state index >= 15 is 0 Å². The van der Waals surface area contributed by atoms with E-state index in [0.717, 1.165) is 11.2 Å². The van der Waals surface area contributed by atoms with Crippen LogP contribution in [-0.4, -0.2) is 33.0 Å². The number of hydrogen-bond acceptors (Lipinski definition) is 5. The van der Waals surface area contributed by atoms with Crippen LogP contribution in [0.3, 0.4) is 0 Å². The molecule has 0 heterocycles. The van der Waals surface area contributed by atoms with Gasteiger partial charge in [-0.15, -0.1) is 11.8 Å². The lowest BCUT2D eigenvalue weighted by Gasteiger charge is -2.05. The minimum Gasteiger partial charge on any atom is -0.465 e. The van der Waals surface area contributed by atoms with Crippen LogP contribution in [0.1, 0.15) is 6.92 Å². The summed E-state index contributed by atoms with van der Waals surface area (Å²) in [6.45, 7) is 2.13. The Labute approximate surface area is 111 Å². The molecule has 0 radical (unpaired) electrons. The van der Waals surface area contributed by atoms with E-state index in [1.54, 1.807) is 31.2 Å². The summed E-state index contributed by atoms with van der Waals surface area (Å²) in [6, 6.07) is 6.79. The summed E-state index contributed by atoms with van der Waals surface area (Å²) in [5.41, 5.74) is 0.498. The van der Waals surface area contributed by atoms with Gasteiger partial charge in [0.25, 0.3) is 0 Å².